The van der Waals surface area contributed by atoms with Crippen molar-refractivity contribution in [2.75, 3.05) is 46.9 Å². The highest BCUT2D eigenvalue weighted by Gasteiger charge is 2.50. The van der Waals surface area contributed by atoms with E-state index in [1.165, 1.54) is 12.0 Å². The molecule has 30 heavy (non-hydrogen) atoms. The number of aliphatic hydroxyl groups is 1. The van der Waals surface area contributed by atoms with E-state index < -0.39 is 23.7 Å². The number of nitrogens with one attached hydrogen (secondary N) is 2. The number of methoxy groups -OCH3 is 1. The van der Waals surface area contributed by atoms with Gasteiger partial charge >= 0.3 is 6.03 Å². The molecule has 3 aliphatic heterocycles. The standard InChI is InChI=1S/C20H27N5O5/c1-23-5-7-24(8-6-23)16(26)10-20(18(28)21-19(29)22-20)12-25-11-13-3-4-14(30-2)9-15(13)17(25)27/h3-4,9,16,26H,5-8,10-12H2,1-2H3,(H2,21,22,28,29). The summed E-state index contributed by atoms with van der Waals surface area (Å²) >= 11 is 0. The maximum Gasteiger partial charge on any atom is 0.322 e. The Morgan fingerprint density at radius 2 is 1.93 bits per heavy atom. The van der Waals surface area contributed by atoms with Crippen LogP contribution in [0.1, 0.15) is 22.3 Å². The van der Waals surface area contributed by atoms with Crippen LogP contribution in [-0.2, 0) is 11.3 Å². The number of carbonyl (C=O) groups is 3. The van der Waals surface area contributed by atoms with Gasteiger partial charge in [0.05, 0.1) is 13.7 Å². The SMILES string of the molecule is COc1ccc2c(c1)C(=O)N(CC1(CC(O)N3CCN(C)CC3)NC(=O)NC1=O)C2. The van der Waals surface area contributed by atoms with Gasteiger partial charge in [-0.05, 0) is 24.7 Å². The van der Waals surface area contributed by atoms with Gasteiger partial charge in [0.2, 0.25) is 0 Å². The van der Waals surface area contributed by atoms with E-state index in [1.807, 2.05) is 18.0 Å². The highest BCUT2D eigenvalue weighted by Crippen LogP contribution is 2.30. The minimum absolute atomic E-state index is 0.00225. The average Bonchev–Trinajstić information content (AvgIpc) is 3.17. The second-order valence-electron chi connectivity index (χ2n) is 8.20. The first-order valence-corrected chi connectivity index (χ1v) is 10.0. The molecule has 0 aliphatic carbocycles. The summed E-state index contributed by atoms with van der Waals surface area (Å²) in [5.74, 6) is -0.176. The number of rotatable bonds is 6. The van der Waals surface area contributed by atoms with E-state index in [9.17, 15) is 19.5 Å². The van der Waals surface area contributed by atoms with Crippen LogP contribution in [-0.4, -0.2) is 96.3 Å². The molecule has 0 radical (unpaired) electrons. The summed E-state index contributed by atoms with van der Waals surface area (Å²) in [6, 6.07) is 4.67. The average molecular weight is 417 g/mol. The zero-order chi connectivity index (χ0) is 21.5. The molecule has 10 nitrogen and oxygen atoms in total. The lowest BCUT2D eigenvalue weighted by molar-refractivity contribution is -0.128. The van der Waals surface area contributed by atoms with Crippen molar-refractivity contribution in [2.24, 2.45) is 0 Å². The van der Waals surface area contributed by atoms with E-state index >= 15 is 0 Å². The number of urea groups is 1. The number of nitrogens with zero attached hydrogens (tertiary/aromatic N) is 3. The Labute approximate surface area is 174 Å². The van der Waals surface area contributed by atoms with Crippen LogP contribution < -0.4 is 15.4 Å². The summed E-state index contributed by atoms with van der Waals surface area (Å²) in [7, 11) is 3.55. The Morgan fingerprint density at radius 3 is 2.57 bits per heavy atom. The lowest BCUT2D eigenvalue weighted by atomic mass is 9.92. The Kier molecular flexibility index (Phi) is 5.39. The molecule has 2 unspecified atom stereocenters. The molecule has 2 fully saturated rings. The molecule has 2 saturated heterocycles. The van der Waals surface area contributed by atoms with Crippen LogP contribution in [0.3, 0.4) is 0 Å². The van der Waals surface area contributed by atoms with Crippen molar-refractivity contribution in [3.05, 3.63) is 29.3 Å². The fourth-order valence-electron chi connectivity index (χ4n) is 4.33. The van der Waals surface area contributed by atoms with Crippen LogP contribution in [0, 0.1) is 0 Å². The third-order valence-corrected chi connectivity index (χ3v) is 6.16. The molecule has 1 aromatic carbocycles. The Morgan fingerprint density at radius 1 is 1.20 bits per heavy atom. The molecule has 162 valence electrons. The van der Waals surface area contributed by atoms with Crippen LogP contribution in [0.5, 0.6) is 5.75 Å². The van der Waals surface area contributed by atoms with Crippen LogP contribution in [0.15, 0.2) is 18.2 Å². The molecule has 3 aliphatic rings. The summed E-state index contributed by atoms with van der Waals surface area (Å²) in [6.45, 7) is 3.25. The minimum Gasteiger partial charge on any atom is -0.497 e. The minimum atomic E-state index is -1.39. The van der Waals surface area contributed by atoms with E-state index in [-0.39, 0.29) is 18.9 Å². The summed E-state index contributed by atoms with van der Waals surface area (Å²) < 4.78 is 5.20. The predicted octanol–water partition coefficient (Wildman–Crippen LogP) is -0.815. The van der Waals surface area contributed by atoms with Crippen LogP contribution in [0.2, 0.25) is 0 Å². The van der Waals surface area contributed by atoms with Crippen LogP contribution >= 0.6 is 0 Å². The number of hydrogen-bond acceptors (Lipinski definition) is 7. The highest BCUT2D eigenvalue weighted by atomic mass is 16.5. The van der Waals surface area contributed by atoms with Crippen molar-refractivity contribution in [1.82, 2.24) is 25.3 Å². The molecule has 4 amide bonds. The largest absolute Gasteiger partial charge is 0.497 e. The second-order valence-corrected chi connectivity index (χ2v) is 8.20. The third kappa shape index (κ3) is 3.73. The number of amides is 4. The van der Waals surface area contributed by atoms with Gasteiger partial charge in [-0.25, -0.2) is 4.79 Å². The molecule has 0 aromatic heterocycles. The van der Waals surface area contributed by atoms with E-state index in [0.717, 1.165) is 18.7 Å². The number of likely N-dealkylation sites (N-methyl/N-ethyl adjacent to an activating group) is 1. The maximum absolute atomic E-state index is 13.0. The molecular weight excluding hydrogens is 390 g/mol. The molecule has 2 atom stereocenters. The molecule has 4 rings (SSSR count). The monoisotopic (exact) mass is 417 g/mol. The highest BCUT2D eigenvalue weighted by molar-refractivity contribution is 6.08. The van der Waals surface area contributed by atoms with Crippen molar-refractivity contribution < 1.29 is 24.2 Å². The normalized spacial score (nSPS) is 25.8. The smallest absolute Gasteiger partial charge is 0.322 e. The molecule has 3 heterocycles. The molecule has 0 saturated carbocycles. The van der Waals surface area contributed by atoms with Crippen molar-refractivity contribution in [1.29, 1.82) is 0 Å². The first-order valence-electron chi connectivity index (χ1n) is 10.0. The molecule has 3 N–H and O–H groups in total. The first kappa shape index (κ1) is 20.6. The predicted molar refractivity (Wildman–Crippen MR) is 107 cm³/mol. The molecule has 1 aromatic rings. The third-order valence-electron chi connectivity index (χ3n) is 6.16. The van der Waals surface area contributed by atoms with E-state index in [1.54, 1.807) is 12.1 Å². The number of benzene rings is 1. The van der Waals surface area contributed by atoms with E-state index in [2.05, 4.69) is 15.5 Å². The van der Waals surface area contributed by atoms with Gasteiger partial charge in [0.25, 0.3) is 11.8 Å². The van der Waals surface area contributed by atoms with E-state index in [4.69, 9.17) is 4.74 Å². The van der Waals surface area contributed by atoms with Gasteiger partial charge in [-0.2, -0.15) is 0 Å². The molecular formula is C20H27N5O5. The lowest BCUT2D eigenvalue weighted by Gasteiger charge is -2.39. The Hall–Kier alpha value is -2.69. The molecule has 0 bridgehead atoms. The van der Waals surface area contributed by atoms with Crippen molar-refractivity contribution in [3.63, 3.8) is 0 Å². The number of fused-ring (bicyclic) bond motifs is 1. The summed E-state index contributed by atoms with van der Waals surface area (Å²) in [5.41, 5.74) is -0.0316. The van der Waals surface area contributed by atoms with Gasteiger partial charge in [0.15, 0.2) is 0 Å². The van der Waals surface area contributed by atoms with Crippen molar-refractivity contribution >= 4 is 17.8 Å². The second kappa shape index (κ2) is 7.86. The zero-order valence-electron chi connectivity index (χ0n) is 17.2. The number of carbonyl (C=O) groups excluding carboxylic acids is 3. The van der Waals surface area contributed by atoms with Gasteiger partial charge in [-0.1, -0.05) is 6.07 Å². The van der Waals surface area contributed by atoms with E-state index in [0.29, 0.717) is 30.9 Å². The number of imide groups is 1. The van der Waals surface area contributed by atoms with Crippen molar-refractivity contribution in [3.8, 4) is 5.75 Å². The fraction of sp³-hybridized carbons (Fsp3) is 0.550. The summed E-state index contributed by atoms with van der Waals surface area (Å²) in [5, 5.41) is 15.8. The first-order chi connectivity index (χ1) is 14.3. The van der Waals surface area contributed by atoms with Gasteiger partial charge in [-0.3, -0.25) is 19.8 Å². The maximum atomic E-state index is 13.0. The molecule has 10 heteroatoms. The number of piperazine rings is 1. The van der Waals surface area contributed by atoms with Gasteiger partial charge in [-0.15, -0.1) is 0 Å². The number of ether oxygens (including phenoxy) is 1. The quantitative estimate of drug-likeness (QED) is 0.519. The van der Waals surface area contributed by atoms with Crippen LogP contribution in [0.25, 0.3) is 0 Å². The van der Waals surface area contributed by atoms with Gasteiger partial charge in [0, 0.05) is 44.7 Å². The summed E-state index contributed by atoms with van der Waals surface area (Å²) in [4.78, 5) is 43.3. The number of hydrogen-bond donors (Lipinski definition) is 3. The molecule has 0 spiro atoms. The van der Waals surface area contributed by atoms with Gasteiger partial charge < -0.3 is 25.0 Å². The fourth-order valence-corrected chi connectivity index (χ4v) is 4.33. The van der Waals surface area contributed by atoms with Crippen molar-refractivity contribution in [2.45, 2.75) is 24.7 Å². The van der Waals surface area contributed by atoms with Gasteiger partial charge in [0.1, 0.15) is 17.5 Å². The Balaban J connectivity index is 1.53. The number of aliphatic hydroxyl groups excluding tert-OH is 1. The zero-order valence-corrected chi connectivity index (χ0v) is 17.2. The Bertz CT molecular complexity index is 869. The van der Waals surface area contributed by atoms with Crippen LogP contribution in [0.4, 0.5) is 4.79 Å². The summed E-state index contributed by atoms with van der Waals surface area (Å²) in [6.07, 6.45) is -0.916. The topological polar surface area (TPSA) is 114 Å². The lowest BCUT2D eigenvalue weighted by Crippen LogP contribution is -2.60.